The molecule has 3 nitrogen and oxygen atoms in total. The van der Waals surface area contributed by atoms with E-state index in [4.69, 9.17) is 17.3 Å². The summed E-state index contributed by atoms with van der Waals surface area (Å²) in [6.07, 6.45) is 2.77. The van der Waals surface area contributed by atoms with Crippen molar-refractivity contribution < 1.29 is 4.79 Å². The fourth-order valence-electron chi connectivity index (χ4n) is 1.78. The Hall–Kier alpha value is -1.06. The lowest BCUT2D eigenvalue weighted by molar-refractivity contribution is -0.121. The summed E-state index contributed by atoms with van der Waals surface area (Å²) in [5.41, 5.74) is 6.93. The lowest BCUT2D eigenvalue weighted by Crippen LogP contribution is -2.32. The first-order valence-electron chi connectivity index (χ1n) is 5.92. The van der Waals surface area contributed by atoms with Crippen molar-refractivity contribution in [2.45, 2.75) is 31.8 Å². The second-order valence-corrected chi connectivity index (χ2v) is 5.05. The average Bonchev–Trinajstić information content (AvgIpc) is 3.12. The molecular weight excluding hydrogens is 236 g/mol. The van der Waals surface area contributed by atoms with Gasteiger partial charge in [-0.1, -0.05) is 23.7 Å². The van der Waals surface area contributed by atoms with Crippen LogP contribution in [0.1, 0.15) is 24.8 Å². The minimum Gasteiger partial charge on any atom is -0.352 e. The number of nitrogens with one attached hydrogen (secondary N) is 1. The number of carbonyl (C=O) groups excluding carboxylic acids is 1. The Morgan fingerprint density at radius 3 is 2.65 bits per heavy atom. The van der Waals surface area contributed by atoms with Gasteiger partial charge in [0, 0.05) is 24.0 Å². The third-order valence-electron chi connectivity index (χ3n) is 3.05. The van der Waals surface area contributed by atoms with Crippen LogP contribution in [0.3, 0.4) is 0 Å². The second kappa shape index (κ2) is 5.52. The van der Waals surface area contributed by atoms with Gasteiger partial charge in [-0.25, -0.2) is 0 Å². The predicted octanol–water partition coefficient (Wildman–Crippen LogP) is 2.08. The van der Waals surface area contributed by atoms with E-state index in [0.717, 1.165) is 5.56 Å². The van der Waals surface area contributed by atoms with Crippen molar-refractivity contribution in [1.82, 2.24) is 5.32 Å². The highest BCUT2D eigenvalue weighted by atomic mass is 35.5. The standard InChI is InChI=1S/C13H17ClN2O/c14-11-5-1-9(2-6-11)8-16-13(17)7-12(15)10-3-4-10/h1-2,5-6,10,12H,3-4,7-8,15H2,(H,16,17). The van der Waals surface area contributed by atoms with Gasteiger partial charge in [0.15, 0.2) is 0 Å². The number of nitrogens with two attached hydrogens (primary N) is 1. The van der Waals surface area contributed by atoms with E-state index in [9.17, 15) is 4.79 Å². The fourth-order valence-corrected chi connectivity index (χ4v) is 1.91. The molecular formula is C13H17ClN2O. The molecule has 17 heavy (non-hydrogen) atoms. The molecule has 1 unspecified atom stereocenters. The number of halogens is 1. The van der Waals surface area contributed by atoms with Gasteiger partial charge in [-0.3, -0.25) is 4.79 Å². The van der Waals surface area contributed by atoms with Crippen molar-refractivity contribution in [3.63, 3.8) is 0 Å². The van der Waals surface area contributed by atoms with Crippen LogP contribution in [0.15, 0.2) is 24.3 Å². The van der Waals surface area contributed by atoms with E-state index in [-0.39, 0.29) is 11.9 Å². The largest absolute Gasteiger partial charge is 0.352 e. The van der Waals surface area contributed by atoms with Crippen molar-refractivity contribution in [3.05, 3.63) is 34.9 Å². The van der Waals surface area contributed by atoms with E-state index >= 15 is 0 Å². The van der Waals surface area contributed by atoms with Crippen LogP contribution in [0.5, 0.6) is 0 Å². The summed E-state index contributed by atoms with van der Waals surface area (Å²) in [5.74, 6) is 0.593. The first kappa shape index (κ1) is 12.4. The van der Waals surface area contributed by atoms with Crippen LogP contribution >= 0.6 is 11.6 Å². The number of rotatable bonds is 5. The molecule has 3 N–H and O–H groups in total. The summed E-state index contributed by atoms with van der Waals surface area (Å²) in [7, 11) is 0. The summed E-state index contributed by atoms with van der Waals surface area (Å²) < 4.78 is 0. The van der Waals surface area contributed by atoms with Crippen molar-refractivity contribution >= 4 is 17.5 Å². The number of hydrogen-bond donors (Lipinski definition) is 2. The minimum absolute atomic E-state index is 0.0272. The topological polar surface area (TPSA) is 55.1 Å². The van der Waals surface area contributed by atoms with Crippen LogP contribution in [0, 0.1) is 5.92 Å². The van der Waals surface area contributed by atoms with Gasteiger partial charge >= 0.3 is 0 Å². The van der Waals surface area contributed by atoms with E-state index in [2.05, 4.69) is 5.32 Å². The summed E-state index contributed by atoms with van der Waals surface area (Å²) in [6, 6.07) is 7.48. The minimum atomic E-state index is 0.0272. The SMILES string of the molecule is NC(CC(=O)NCc1ccc(Cl)cc1)C1CC1. The van der Waals surface area contributed by atoms with Gasteiger partial charge in [-0.05, 0) is 36.5 Å². The smallest absolute Gasteiger partial charge is 0.221 e. The Balaban J connectivity index is 1.73. The van der Waals surface area contributed by atoms with Crippen molar-refractivity contribution in [2.24, 2.45) is 11.7 Å². The number of hydrogen-bond acceptors (Lipinski definition) is 2. The van der Waals surface area contributed by atoms with E-state index in [1.807, 2.05) is 24.3 Å². The molecule has 92 valence electrons. The fraction of sp³-hybridized carbons (Fsp3) is 0.462. The predicted molar refractivity (Wildman–Crippen MR) is 68.6 cm³/mol. The van der Waals surface area contributed by atoms with Gasteiger partial charge in [0.05, 0.1) is 0 Å². The molecule has 1 fully saturated rings. The van der Waals surface area contributed by atoms with Crippen LogP contribution in [0.2, 0.25) is 5.02 Å². The van der Waals surface area contributed by atoms with Crippen molar-refractivity contribution in [2.75, 3.05) is 0 Å². The van der Waals surface area contributed by atoms with E-state index in [1.54, 1.807) is 0 Å². The zero-order chi connectivity index (χ0) is 12.3. The summed E-state index contributed by atoms with van der Waals surface area (Å²) in [4.78, 5) is 11.6. The van der Waals surface area contributed by atoms with E-state index in [1.165, 1.54) is 12.8 Å². The van der Waals surface area contributed by atoms with Crippen LogP contribution < -0.4 is 11.1 Å². The van der Waals surface area contributed by atoms with Crippen LogP contribution in [-0.4, -0.2) is 11.9 Å². The molecule has 2 rings (SSSR count). The van der Waals surface area contributed by atoms with Gasteiger partial charge < -0.3 is 11.1 Å². The molecule has 0 spiro atoms. The Kier molecular flexibility index (Phi) is 4.02. The monoisotopic (exact) mass is 252 g/mol. The Morgan fingerprint density at radius 1 is 1.41 bits per heavy atom. The summed E-state index contributed by atoms with van der Waals surface area (Å²) in [5, 5.41) is 3.57. The maximum Gasteiger partial charge on any atom is 0.221 e. The molecule has 0 heterocycles. The molecule has 1 aromatic rings. The Bertz CT molecular complexity index is 387. The highest BCUT2D eigenvalue weighted by Crippen LogP contribution is 2.32. The molecule has 1 aliphatic carbocycles. The maximum atomic E-state index is 11.6. The molecule has 0 bridgehead atoms. The van der Waals surface area contributed by atoms with Crippen LogP contribution in [0.4, 0.5) is 0 Å². The quantitative estimate of drug-likeness (QED) is 0.843. The Morgan fingerprint density at radius 2 is 2.06 bits per heavy atom. The third-order valence-corrected chi connectivity index (χ3v) is 3.30. The molecule has 0 aromatic heterocycles. The van der Waals surface area contributed by atoms with Gasteiger partial charge in [0.1, 0.15) is 0 Å². The molecule has 1 saturated carbocycles. The number of amides is 1. The second-order valence-electron chi connectivity index (χ2n) is 4.61. The highest BCUT2D eigenvalue weighted by molar-refractivity contribution is 6.30. The lowest BCUT2D eigenvalue weighted by Gasteiger charge is -2.10. The molecule has 0 saturated heterocycles. The van der Waals surface area contributed by atoms with Gasteiger partial charge in [-0.2, -0.15) is 0 Å². The first-order valence-corrected chi connectivity index (χ1v) is 6.29. The molecule has 1 aromatic carbocycles. The van der Waals surface area contributed by atoms with E-state index < -0.39 is 0 Å². The van der Waals surface area contributed by atoms with Crippen LogP contribution in [0.25, 0.3) is 0 Å². The molecule has 1 aliphatic rings. The molecule has 1 atom stereocenters. The summed E-state index contributed by atoms with van der Waals surface area (Å²) >= 11 is 5.78. The zero-order valence-electron chi connectivity index (χ0n) is 9.66. The lowest BCUT2D eigenvalue weighted by atomic mass is 10.1. The number of benzene rings is 1. The highest BCUT2D eigenvalue weighted by Gasteiger charge is 2.29. The van der Waals surface area contributed by atoms with Gasteiger partial charge in [-0.15, -0.1) is 0 Å². The normalized spacial score (nSPS) is 16.6. The molecule has 0 aliphatic heterocycles. The Labute approximate surface area is 106 Å². The maximum absolute atomic E-state index is 11.6. The van der Waals surface area contributed by atoms with Gasteiger partial charge in [0.2, 0.25) is 5.91 Å². The average molecular weight is 253 g/mol. The summed E-state index contributed by atoms with van der Waals surface area (Å²) in [6.45, 7) is 0.535. The van der Waals surface area contributed by atoms with Gasteiger partial charge in [0.25, 0.3) is 0 Å². The van der Waals surface area contributed by atoms with E-state index in [0.29, 0.717) is 23.9 Å². The number of carbonyl (C=O) groups is 1. The first-order chi connectivity index (χ1) is 8.15. The zero-order valence-corrected chi connectivity index (χ0v) is 10.4. The third kappa shape index (κ3) is 4.02. The van der Waals surface area contributed by atoms with Crippen molar-refractivity contribution in [3.8, 4) is 0 Å². The molecule has 1 amide bonds. The molecule has 0 radical (unpaired) electrons. The molecule has 4 heteroatoms. The van der Waals surface area contributed by atoms with Crippen LogP contribution in [-0.2, 0) is 11.3 Å². The van der Waals surface area contributed by atoms with Crippen molar-refractivity contribution in [1.29, 1.82) is 0 Å².